The van der Waals surface area contributed by atoms with Crippen molar-refractivity contribution in [3.63, 3.8) is 0 Å². The third-order valence-electron chi connectivity index (χ3n) is 5.36. The van der Waals surface area contributed by atoms with Gasteiger partial charge in [0, 0.05) is 25.0 Å². The maximum Gasteiger partial charge on any atom is 0.191 e. The Morgan fingerprint density at radius 1 is 1.20 bits per heavy atom. The summed E-state index contributed by atoms with van der Waals surface area (Å²) in [6, 6.07) is 4.26. The van der Waals surface area contributed by atoms with Crippen LogP contribution in [0.4, 0.5) is 0 Å². The molecule has 0 bridgehead atoms. The summed E-state index contributed by atoms with van der Waals surface area (Å²) >= 11 is 1.79. The lowest BCUT2D eigenvalue weighted by atomic mass is 10.1. The van der Waals surface area contributed by atoms with E-state index in [1.807, 2.05) is 18.5 Å². The van der Waals surface area contributed by atoms with Crippen molar-refractivity contribution in [2.75, 3.05) is 19.7 Å². The molecule has 2 heterocycles. The number of hydrogen-bond acceptors (Lipinski definition) is 5. The van der Waals surface area contributed by atoms with Crippen LogP contribution < -0.4 is 10.6 Å². The second-order valence-electron chi connectivity index (χ2n) is 7.55. The normalized spacial score (nSPS) is 15.5. The van der Waals surface area contributed by atoms with Crippen molar-refractivity contribution in [1.82, 2.24) is 25.4 Å². The number of guanidine groups is 1. The minimum absolute atomic E-state index is 0. The van der Waals surface area contributed by atoms with Crippen molar-refractivity contribution in [3.05, 3.63) is 34.0 Å². The van der Waals surface area contributed by atoms with Crippen molar-refractivity contribution in [2.45, 2.75) is 64.5 Å². The van der Waals surface area contributed by atoms with E-state index in [2.05, 4.69) is 38.3 Å². The van der Waals surface area contributed by atoms with E-state index in [0.717, 1.165) is 37.1 Å². The fourth-order valence-electron chi connectivity index (χ4n) is 3.48. The Balaban J connectivity index is 0.00000320. The van der Waals surface area contributed by atoms with Crippen LogP contribution in [0, 0.1) is 6.92 Å². The first kappa shape index (κ1) is 25.1. The van der Waals surface area contributed by atoms with E-state index in [9.17, 15) is 0 Å². The van der Waals surface area contributed by atoms with Crippen LogP contribution in [0.3, 0.4) is 0 Å². The zero-order valence-electron chi connectivity index (χ0n) is 18.1. The van der Waals surface area contributed by atoms with Gasteiger partial charge >= 0.3 is 0 Å². The van der Waals surface area contributed by atoms with Crippen LogP contribution in [0.5, 0.6) is 0 Å². The van der Waals surface area contributed by atoms with Gasteiger partial charge in [0.2, 0.25) is 0 Å². The highest BCUT2D eigenvalue weighted by molar-refractivity contribution is 14.0. The summed E-state index contributed by atoms with van der Waals surface area (Å²) in [7, 11) is 1.97. The lowest BCUT2D eigenvalue weighted by Gasteiger charge is -2.17. The molecule has 30 heavy (non-hydrogen) atoms. The number of aryl methyl sites for hydroxylation is 1. The predicted octanol–water partition coefficient (Wildman–Crippen LogP) is 3.82. The summed E-state index contributed by atoms with van der Waals surface area (Å²) in [6.45, 7) is 4.74. The van der Waals surface area contributed by atoms with E-state index in [4.69, 9.17) is 9.73 Å². The van der Waals surface area contributed by atoms with Gasteiger partial charge in [0.25, 0.3) is 0 Å². The van der Waals surface area contributed by atoms with Crippen LogP contribution >= 0.6 is 35.3 Å². The molecule has 1 aliphatic rings. The zero-order chi connectivity index (χ0) is 20.3. The van der Waals surface area contributed by atoms with Crippen molar-refractivity contribution in [1.29, 1.82) is 0 Å². The molecular formula is C21H35IN6OS. The Bertz CT molecular complexity index is 741. The van der Waals surface area contributed by atoms with E-state index < -0.39 is 0 Å². The van der Waals surface area contributed by atoms with Crippen LogP contribution in [0.1, 0.15) is 55.1 Å². The zero-order valence-corrected chi connectivity index (χ0v) is 21.2. The fraction of sp³-hybridized carbons (Fsp3) is 0.667. The van der Waals surface area contributed by atoms with Crippen LogP contribution in [0.15, 0.2) is 22.5 Å². The average Bonchev–Trinajstić information content (AvgIpc) is 3.26. The summed E-state index contributed by atoms with van der Waals surface area (Å²) in [5.74, 6) is 2.55. The van der Waals surface area contributed by atoms with Crippen LogP contribution in [-0.4, -0.2) is 46.5 Å². The highest BCUT2D eigenvalue weighted by atomic mass is 127. The number of rotatable bonds is 9. The molecule has 168 valence electrons. The van der Waals surface area contributed by atoms with E-state index in [-0.39, 0.29) is 24.0 Å². The van der Waals surface area contributed by atoms with Gasteiger partial charge in [-0.05, 0) is 37.6 Å². The van der Waals surface area contributed by atoms with Crippen LogP contribution in [-0.2, 0) is 24.8 Å². The van der Waals surface area contributed by atoms with Crippen molar-refractivity contribution in [2.24, 2.45) is 12.0 Å². The maximum absolute atomic E-state index is 6.09. The fourth-order valence-corrected chi connectivity index (χ4v) is 4.18. The molecule has 2 aromatic rings. The second kappa shape index (κ2) is 14.0. The molecule has 0 aliphatic heterocycles. The summed E-state index contributed by atoms with van der Waals surface area (Å²) < 4.78 is 8.07. The number of hydrogen-bond donors (Lipinski definition) is 2. The van der Waals surface area contributed by atoms with Gasteiger partial charge in [-0.2, -0.15) is 0 Å². The Hall–Kier alpha value is -1.20. The molecule has 0 atom stereocenters. The van der Waals surface area contributed by atoms with E-state index in [1.54, 1.807) is 11.3 Å². The molecule has 1 fully saturated rings. The third kappa shape index (κ3) is 8.50. The molecule has 0 spiro atoms. The van der Waals surface area contributed by atoms with Gasteiger partial charge in [-0.15, -0.1) is 45.5 Å². The topological polar surface area (TPSA) is 76.4 Å². The summed E-state index contributed by atoms with van der Waals surface area (Å²) in [6.07, 6.45) is 9.11. The lowest BCUT2D eigenvalue weighted by Crippen LogP contribution is -2.40. The van der Waals surface area contributed by atoms with Gasteiger partial charge in [0.1, 0.15) is 12.4 Å². The summed E-state index contributed by atoms with van der Waals surface area (Å²) in [5, 5.41) is 17.3. The quantitative estimate of drug-likeness (QED) is 0.165. The van der Waals surface area contributed by atoms with Crippen molar-refractivity contribution in [3.8, 4) is 0 Å². The molecule has 7 nitrogen and oxygen atoms in total. The number of aromatic nitrogens is 3. The minimum atomic E-state index is 0. The van der Waals surface area contributed by atoms with E-state index >= 15 is 0 Å². The Kier molecular flexibility index (Phi) is 11.7. The summed E-state index contributed by atoms with van der Waals surface area (Å²) in [5.41, 5.74) is 0. The Labute approximate surface area is 201 Å². The van der Waals surface area contributed by atoms with Crippen molar-refractivity contribution >= 4 is 41.3 Å². The predicted molar refractivity (Wildman–Crippen MR) is 134 cm³/mol. The van der Waals surface area contributed by atoms with Crippen LogP contribution in [0.2, 0.25) is 0 Å². The molecule has 3 rings (SSSR count). The van der Waals surface area contributed by atoms with Crippen molar-refractivity contribution < 1.29 is 4.74 Å². The molecule has 2 N–H and O–H groups in total. The molecular weight excluding hydrogens is 511 g/mol. The molecule has 0 unspecified atom stereocenters. The first-order valence-electron chi connectivity index (χ1n) is 10.7. The number of aliphatic imine (C=N–C) groups is 1. The highest BCUT2D eigenvalue weighted by Gasteiger charge is 2.12. The third-order valence-corrected chi connectivity index (χ3v) is 6.29. The molecule has 0 amide bonds. The lowest BCUT2D eigenvalue weighted by molar-refractivity contribution is 0.0468. The number of nitrogens with zero attached hydrogens (tertiary/aromatic N) is 4. The first-order valence-corrected chi connectivity index (χ1v) is 11.6. The average molecular weight is 547 g/mol. The van der Waals surface area contributed by atoms with E-state index in [1.165, 1.54) is 43.4 Å². The molecule has 0 aromatic carbocycles. The van der Waals surface area contributed by atoms with E-state index in [0.29, 0.717) is 19.3 Å². The highest BCUT2D eigenvalue weighted by Crippen LogP contribution is 2.19. The Morgan fingerprint density at radius 2 is 1.97 bits per heavy atom. The molecule has 1 aliphatic carbocycles. The standard InChI is InChI=1S/C21H34N6OS.HI/c1-17-25-26-20(27(17)2)16-24-21(22-12-11-19-10-7-15-29-19)23-13-14-28-18-8-5-3-4-6-9-18;/h7,10,15,18H,3-6,8-9,11-14,16H2,1-2H3,(H2,22,23,24);1H. The SMILES string of the molecule is Cc1nnc(CN=C(NCCOC2CCCCCC2)NCCc2cccs2)n1C.I. The number of halogens is 1. The van der Waals surface area contributed by atoms with Gasteiger partial charge in [0.15, 0.2) is 11.8 Å². The van der Waals surface area contributed by atoms with Gasteiger partial charge < -0.3 is 19.9 Å². The first-order chi connectivity index (χ1) is 14.2. The molecule has 2 aromatic heterocycles. The molecule has 1 saturated carbocycles. The monoisotopic (exact) mass is 546 g/mol. The smallest absolute Gasteiger partial charge is 0.191 e. The van der Waals surface area contributed by atoms with Gasteiger partial charge in [0.05, 0.1) is 12.7 Å². The van der Waals surface area contributed by atoms with Crippen LogP contribution in [0.25, 0.3) is 0 Å². The van der Waals surface area contributed by atoms with Gasteiger partial charge in [-0.25, -0.2) is 4.99 Å². The second-order valence-corrected chi connectivity index (χ2v) is 8.59. The number of thiophene rings is 1. The minimum Gasteiger partial charge on any atom is -0.376 e. The molecule has 0 radical (unpaired) electrons. The van der Waals surface area contributed by atoms with Gasteiger partial charge in [-0.3, -0.25) is 0 Å². The number of nitrogens with one attached hydrogen (secondary N) is 2. The van der Waals surface area contributed by atoms with Gasteiger partial charge in [-0.1, -0.05) is 31.7 Å². The largest absolute Gasteiger partial charge is 0.376 e. The molecule has 0 saturated heterocycles. The summed E-state index contributed by atoms with van der Waals surface area (Å²) in [4.78, 5) is 6.08. The maximum atomic E-state index is 6.09. The Morgan fingerprint density at radius 3 is 2.63 bits per heavy atom. The molecule has 9 heteroatoms. The number of ether oxygens (including phenoxy) is 1.